The Hall–Kier alpha value is -0.710. The van der Waals surface area contributed by atoms with Crippen molar-refractivity contribution in [1.82, 2.24) is 9.62 Å². The third-order valence-electron chi connectivity index (χ3n) is 2.55. The predicted octanol–water partition coefficient (Wildman–Crippen LogP) is 0.829. The molecule has 0 spiro atoms. The first kappa shape index (κ1) is 16.3. The third kappa shape index (κ3) is 3.88. The van der Waals surface area contributed by atoms with Crippen molar-refractivity contribution < 1.29 is 18.3 Å². The van der Waals surface area contributed by atoms with Gasteiger partial charge in [0.25, 0.3) is 0 Å². The SMILES string of the molecule is CNCCN(C)S(=O)(=O)c1ccc(I)c(C(=O)O)c1. The van der Waals surface area contributed by atoms with Crippen molar-refractivity contribution in [1.29, 1.82) is 0 Å². The molecule has 0 atom stereocenters. The minimum Gasteiger partial charge on any atom is -0.478 e. The Morgan fingerprint density at radius 1 is 1.47 bits per heavy atom. The molecular formula is C11H15IN2O4S. The molecule has 8 heteroatoms. The Labute approximate surface area is 126 Å². The number of rotatable bonds is 6. The maximum absolute atomic E-state index is 12.2. The fourth-order valence-electron chi connectivity index (χ4n) is 1.40. The van der Waals surface area contributed by atoms with Crippen molar-refractivity contribution in [3.05, 3.63) is 27.3 Å². The number of hydrogen-bond acceptors (Lipinski definition) is 4. The van der Waals surface area contributed by atoms with Crippen LogP contribution in [-0.2, 0) is 10.0 Å². The normalized spacial score (nSPS) is 11.8. The Bertz CT molecular complexity index is 574. The van der Waals surface area contributed by atoms with Crippen LogP contribution in [0, 0.1) is 3.57 Å². The van der Waals surface area contributed by atoms with E-state index in [0.29, 0.717) is 16.7 Å². The fourth-order valence-corrected chi connectivity index (χ4v) is 3.16. The van der Waals surface area contributed by atoms with Gasteiger partial charge in [-0.1, -0.05) is 0 Å². The Balaban J connectivity index is 3.15. The number of carboxylic acids is 1. The zero-order valence-electron chi connectivity index (χ0n) is 10.6. The lowest BCUT2D eigenvalue weighted by Gasteiger charge is -2.17. The molecule has 0 amide bonds. The van der Waals surface area contributed by atoms with E-state index in [4.69, 9.17) is 5.11 Å². The summed E-state index contributed by atoms with van der Waals surface area (Å²) < 4.78 is 26.1. The quantitative estimate of drug-likeness (QED) is 0.694. The molecule has 106 valence electrons. The predicted molar refractivity (Wildman–Crippen MR) is 79.9 cm³/mol. The molecule has 1 aromatic rings. The van der Waals surface area contributed by atoms with E-state index < -0.39 is 16.0 Å². The second-order valence-electron chi connectivity index (χ2n) is 3.88. The number of aromatic carboxylic acids is 1. The molecule has 0 aliphatic rings. The van der Waals surface area contributed by atoms with E-state index in [2.05, 4.69) is 5.32 Å². The van der Waals surface area contributed by atoms with Crippen molar-refractivity contribution >= 4 is 38.6 Å². The van der Waals surface area contributed by atoms with Crippen LogP contribution in [0.25, 0.3) is 0 Å². The highest BCUT2D eigenvalue weighted by Gasteiger charge is 2.22. The topological polar surface area (TPSA) is 86.7 Å². The smallest absolute Gasteiger partial charge is 0.336 e. The average Bonchev–Trinajstić information content (AvgIpc) is 2.35. The van der Waals surface area contributed by atoms with Crippen LogP contribution in [0.15, 0.2) is 23.1 Å². The average molecular weight is 398 g/mol. The van der Waals surface area contributed by atoms with E-state index in [1.807, 2.05) is 22.6 Å². The molecule has 0 saturated heterocycles. The Morgan fingerprint density at radius 2 is 2.11 bits per heavy atom. The minimum absolute atomic E-state index is 0.0103. The van der Waals surface area contributed by atoms with Crippen molar-refractivity contribution in [2.75, 3.05) is 27.2 Å². The van der Waals surface area contributed by atoms with Gasteiger partial charge in [0.2, 0.25) is 10.0 Å². The molecule has 2 N–H and O–H groups in total. The maximum atomic E-state index is 12.2. The van der Waals surface area contributed by atoms with E-state index in [0.717, 1.165) is 0 Å². The molecule has 1 aromatic carbocycles. The summed E-state index contributed by atoms with van der Waals surface area (Å²) in [7, 11) is -0.464. The molecule has 0 aromatic heterocycles. The molecule has 0 radical (unpaired) electrons. The molecule has 0 aliphatic carbocycles. The summed E-state index contributed by atoms with van der Waals surface area (Å²) in [4.78, 5) is 11.0. The van der Waals surface area contributed by atoms with Crippen LogP contribution >= 0.6 is 22.6 Å². The van der Waals surface area contributed by atoms with Crippen molar-refractivity contribution in [3.63, 3.8) is 0 Å². The lowest BCUT2D eigenvalue weighted by molar-refractivity contribution is 0.0695. The van der Waals surface area contributed by atoms with Gasteiger partial charge in [0.1, 0.15) is 0 Å². The summed E-state index contributed by atoms with van der Waals surface area (Å²) in [5.41, 5.74) is -0.0105. The van der Waals surface area contributed by atoms with Crippen LogP contribution in [0.4, 0.5) is 0 Å². The highest BCUT2D eigenvalue weighted by atomic mass is 127. The number of sulfonamides is 1. The van der Waals surface area contributed by atoms with Gasteiger partial charge in [-0.05, 0) is 47.8 Å². The first-order valence-electron chi connectivity index (χ1n) is 5.44. The van der Waals surface area contributed by atoms with E-state index in [9.17, 15) is 13.2 Å². The first-order valence-corrected chi connectivity index (χ1v) is 7.96. The number of halogens is 1. The Kier molecular flexibility index (Phi) is 5.71. The van der Waals surface area contributed by atoms with Crippen LogP contribution < -0.4 is 5.32 Å². The second kappa shape index (κ2) is 6.64. The zero-order chi connectivity index (χ0) is 14.6. The fraction of sp³-hybridized carbons (Fsp3) is 0.364. The molecule has 0 bridgehead atoms. The van der Waals surface area contributed by atoms with Gasteiger partial charge in [-0.15, -0.1) is 0 Å². The van der Waals surface area contributed by atoms with E-state index in [1.165, 1.54) is 29.6 Å². The van der Waals surface area contributed by atoms with Crippen molar-refractivity contribution in [2.24, 2.45) is 0 Å². The molecule has 0 saturated carbocycles. The lowest BCUT2D eigenvalue weighted by atomic mass is 10.2. The summed E-state index contributed by atoms with van der Waals surface area (Å²) >= 11 is 1.86. The molecule has 0 aliphatic heterocycles. The molecule has 0 fully saturated rings. The standard InChI is InChI=1S/C11H15IN2O4S/c1-13-5-6-14(2)19(17,18)8-3-4-10(12)9(7-8)11(15)16/h3-4,7,13H,5-6H2,1-2H3,(H,15,16). The van der Waals surface area contributed by atoms with Gasteiger partial charge in [0.15, 0.2) is 0 Å². The third-order valence-corrected chi connectivity index (χ3v) is 5.35. The molecule has 0 unspecified atom stereocenters. The summed E-state index contributed by atoms with van der Waals surface area (Å²) in [6, 6.07) is 4.09. The summed E-state index contributed by atoms with van der Waals surface area (Å²) in [5.74, 6) is -1.14. The zero-order valence-corrected chi connectivity index (χ0v) is 13.5. The van der Waals surface area contributed by atoms with Crippen LogP contribution in [0.3, 0.4) is 0 Å². The van der Waals surface area contributed by atoms with Gasteiger partial charge < -0.3 is 10.4 Å². The maximum Gasteiger partial charge on any atom is 0.336 e. The molecule has 0 heterocycles. The highest BCUT2D eigenvalue weighted by Crippen LogP contribution is 2.20. The van der Waals surface area contributed by atoms with E-state index in [-0.39, 0.29) is 10.5 Å². The lowest BCUT2D eigenvalue weighted by Crippen LogP contribution is -2.33. The first-order chi connectivity index (χ1) is 8.80. The molecule has 1 rings (SSSR count). The summed E-state index contributed by atoms with van der Waals surface area (Å²) in [5, 5.41) is 11.9. The van der Waals surface area contributed by atoms with Crippen LogP contribution in [0.2, 0.25) is 0 Å². The highest BCUT2D eigenvalue weighted by molar-refractivity contribution is 14.1. The number of likely N-dealkylation sites (N-methyl/N-ethyl adjacent to an activating group) is 2. The number of carboxylic acid groups (broad SMARTS) is 1. The molecular weight excluding hydrogens is 383 g/mol. The minimum atomic E-state index is -3.66. The van der Waals surface area contributed by atoms with Gasteiger partial charge in [0.05, 0.1) is 10.5 Å². The number of nitrogens with zero attached hydrogens (tertiary/aromatic N) is 1. The summed E-state index contributed by atoms with van der Waals surface area (Å²) in [6.45, 7) is 0.832. The molecule has 19 heavy (non-hydrogen) atoms. The Morgan fingerprint density at radius 3 is 2.63 bits per heavy atom. The summed E-state index contributed by atoms with van der Waals surface area (Å²) in [6.07, 6.45) is 0. The van der Waals surface area contributed by atoms with Gasteiger partial charge in [-0.3, -0.25) is 0 Å². The number of nitrogens with one attached hydrogen (secondary N) is 1. The van der Waals surface area contributed by atoms with Crippen molar-refractivity contribution in [3.8, 4) is 0 Å². The van der Waals surface area contributed by atoms with E-state index >= 15 is 0 Å². The number of benzene rings is 1. The number of hydrogen-bond donors (Lipinski definition) is 2. The number of carbonyl (C=O) groups is 1. The second-order valence-corrected chi connectivity index (χ2v) is 7.08. The van der Waals surface area contributed by atoms with E-state index in [1.54, 1.807) is 7.05 Å². The van der Waals surface area contributed by atoms with Gasteiger partial charge >= 0.3 is 5.97 Å². The van der Waals surface area contributed by atoms with Gasteiger partial charge in [-0.25, -0.2) is 13.2 Å². The van der Waals surface area contributed by atoms with Gasteiger partial charge in [0, 0.05) is 23.7 Å². The monoisotopic (exact) mass is 398 g/mol. The van der Waals surface area contributed by atoms with Crippen LogP contribution in [0.1, 0.15) is 10.4 Å². The van der Waals surface area contributed by atoms with Gasteiger partial charge in [-0.2, -0.15) is 4.31 Å². The molecule has 6 nitrogen and oxygen atoms in total. The van der Waals surface area contributed by atoms with Crippen molar-refractivity contribution in [2.45, 2.75) is 4.90 Å². The van der Waals surface area contributed by atoms with Crippen LogP contribution in [-0.4, -0.2) is 51.0 Å². The largest absolute Gasteiger partial charge is 0.478 e. The van der Waals surface area contributed by atoms with Crippen LogP contribution in [0.5, 0.6) is 0 Å².